The maximum absolute atomic E-state index is 11.9. The van der Waals surface area contributed by atoms with E-state index in [1.807, 2.05) is 18.2 Å². The second-order valence-electron chi connectivity index (χ2n) is 7.35. The molecule has 6 nitrogen and oxygen atoms in total. The third-order valence-electron chi connectivity index (χ3n) is 5.06. The number of nitriles is 1. The number of nitrogens with one attached hydrogen (secondary N) is 1. The summed E-state index contributed by atoms with van der Waals surface area (Å²) in [7, 11) is -0.359. The molecule has 1 aliphatic heterocycles. The number of rotatable bonds is 6. The molecule has 1 saturated carbocycles. The van der Waals surface area contributed by atoms with Crippen molar-refractivity contribution in [3.05, 3.63) is 35.5 Å². The molecule has 1 N–H and O–H groups in total. The number of amidine groups is 1. The zero-order chi connectivity index (χ0) is 20.4. The highest BCUT2D eigenvalue weighted by Crippen LogP contribution is 2.32. The molecule has 2 aromatic rings. The van der Waals surface area contributed by atoms with Gasteiger partial charge in [0, 0.05) is 11.6 Å². The van der Waals surface area contributed by atoms with Gasteiger partial charge in [-0.2, -0.15) is 5.26 Å². The fourth-order valence-corrected chi connectivity index (χ4v) is 4.94. The molecule has 1 aliphatic carbocycles. The van der Waals surface area contributed by atoms with Gasteiger partial charge in [0.2, 0.25) is 5.91 Å². The summed E-state index contributed by atoms with van der Waals surface area (Å²) >= 11 is 0. The number of aliphatic imine (C=N–C) groups is 1. The number of benzene rings is 1. The van der Waals surface area contributed by atoms with E-state index in [-0.39, 0.29) is 22.5 Å². The third kappa shape index (κ3) is 4.33. The van der Waals surface area contributed by atoms with Crippen LogP contribution in [0.2, 0.25) is 0 Å². The summed E-state index contributed by atoms with van der Waals surface area (Å²) in [6.07, 6.45) is 5.57. The van der Waals surface area contributed by atoms with Crippen LogP contribution in [-0.2, 0) is 4.79 Å². The number of nitrogens with zero attached hydrogens (tertiary/aromatic N) is 3. The van der Waals surface area contributed by atoms with Gasteiger partial charge >= 0.3 is 0 Å². The van der Waals surface area contributed by atoms with Crippen molar-refractivity contribution in [2.45, 2.75) is 51.7 Å². The van der Waals surface area contributed by atoms with Crippen molar-refractivity contribution < 1.29 is 9.53 Å². The zero-order valence-corrected chi connectivity index (χ0v) is 17.5. The lowest BCUT2D eigenvalue weighted by atomic mass is 10.1. The molecule has 1 saturated heterocycles. The van der Waals surface area contributed by atoms with Gasteiger partial charge < -0.3 is 10.1 Å². The SMILES string of the molecule is CCC(CC)Oc1c(C#N)cnc2ccc(/C=S3/CC(=O)NC3=NC3CC3)cc12. The monoisotopic (exact) mass is 408 g/mol. The van der Waals surface area contributed by atoms with Gasteiger partial charge in [0.15, 0.2) is 5.17 Å². The van der Waals surface area contributed by atoms with Crippen LogP contribution in [-0.4, -0.2) is 39.3 Å². The Balaban J connectivity index is 1.76. The molecule has 1 unspecified atom stereocenters. The maximum Gasteiger partial charge on any atom is 0.235 e. The van der Waals surface area contributed by atoms with E-state index in [1.54, 1.807) is 6.20 Å². The molecule has 1 aromatic heterocycles. The third-order valence-corrected chi connectivity index (χ3v) is 6.90. The number of aromatic nitrogens is 1. The Morgan fingerprint density at radius 3 is 2.90 bits per heavy atom. The minimum absolute atomic E-state index is 0.0240. The second kappa shape index (κ2) is 8.34. The van der Waals surface area contributed by atoms with Gasteiger partial charge in [-0.05, 0) is 48.7 Å². The first-order chi connectivity index (χ1) is 14.1. The van der Waals surface area contributed by atoms with Crippen LogP contribution in [0.4, 0.5) is 0 Å². The average Bonchev–Trinajstić information content (AvgIpc) is 3.48. The standard InChI is InChI=1S/C22H24N4O2S/c1-3-17(4-2)28-21-15(10-23)11-24-19-8-5-14(9-18(19)21)12-29-13-20(27)26-22(29)25-16-6-7-16/h5,8-9,11-12,16-17H,3-4,6-7,13H2,1-2H3,(H,25,26,27). The molecule has 2 fully saturated rings. The van der Waals surface area contributed by atoms with Crippen molar-refractivity contribution in [2.75, 3.05) is 5.75 Å². The lowest BCUT2D eigenvalue weighted by Gasteiger charge is -2.18. The van der Waals surface area contributed by atoms with Crippen molar-refractivity contribution in [2.24, 2.45) is 4.99 Å². The summed E-state index contributed by atoms with van der Waals surface area (Å²) in [5.41, 5.74) is 2.21. The van der Waals surface area contributed by atoms with Gasteiger partial charge in [0.05, 0.1) is 23.4 Å². The Hall–Kier alpha value is -2.72. The van der Waals surface area contributed by atoms with Crippen LogP contribution < -0.4 is 10.1 Å². The van der Waals surface area contributed by atoms with Crippen molar-refractivity contribution in [1.29, 1.82) is 5.26 Å². The molecule has 1 aromatic carbocycles. The zero-order valence-electron chi connectivity index (χ0n) is 16.6. The molecule has 2 aliphatic rings. The van der Waals surface area contributed by atoms with E-state index in [2.05, 4.69) is 40.6 Å². The van der Waals surface area contributed by atoms with E-state index in [4.69, 9.17) is 4.74 Å². The molecule has 29 heavy (non-hydrogen) atoms. The van der Waals surface area contributed by atoms with Gasteiger partial charge in [-0.1, -0.05) is 19.9 Å². The van der Waals surface area contributed by atoms with Crippen LogP contribution in [0.15, 0.2) is 29.4 Å². The molecule has 4 rings (SSSR count). The molecular weight excluding hydrogens is 384 g/mol. The highest BCUT2D eigenvalue weighted by Gasteiger charge is 2.26. The first-order valence-corrected chi connectivity index (χ1v) is 11.5. The molecular formula is C22H24N4O2S. The topological polar surface area (TPSA) is 87.4 Å². The first-order valence-electron chi connectivity index (χ1n) is 10.0. The smallest absolute Gasteiger partial charge is 0.235 e. The maximum atomic E-state index is 11.9. The fourth-order valence-electron chi connectivity index (χ4n) is 3.25. The Kier molecular flexibility index (Phi) is 5.63. The number of pyridine rings is 1. The van der Waals surface area contributed by atoms with Crippen LogP contribution in [0.3, 0.4) is 0 Å². The average molecular weight is 409 g/mol. The van der Waals surface area contributed by atoms with Crippen molar-refractivity contribution in [3.63, 3.8) is 0 Å². The first kappa shape index (κ1) is 19.6. The van der Waals surface area contributed by atoms with Gasteiger partial charge in [0.1, 0.15) is 17.4 Å². The number of carbonyl (C=O) groups excluding carboxylic acids is 1. The van der Waals surface area contributed by atoms with E-state index < -0.39 is 0 Å². The largest absolute Gasteiger partial charge is 0.488 e. The summed E-state index contributed by atoms with van der Waals surface area (Å²) in [6.45, 7) is 4.16. The predicted octanol–water partition coefficient (Wildman–Crippen LogP) is 3.74. The molecule has 0 bridgehead atoms. The summed E-state index contributed by atoms with van der Waals surface area (Å²) in [5.74, 6) is 1.06. The molecule has 0 spiro atoms. The number of carbonyl (C=O) groups is 1. The van der Waals surface area contributed by atoms with E-state index in [0.29, 0.717) is 23.1 Å². The highest BCUT2D eigenvalue weighted by atomic mass is 32.2. The van der Waals surface area contributed by atoms with Gasteiger partial charge in [-0.25, -0.2) is 0 Å². The van der Waals surface area contributed by atoms with Crippen LogP contribution in [0.1, 0.15) is 50.7 Å². The normalized spacial score (nSPS) is 20.4. The number of amides is 1. The fraction of sp³-hybridized carbons (Fsp3) is 0.409. The lowest BCUT2D eigenvalue weighted by molar-refractivity contribution is -0.116. The van der Waals surface area contributed by atoms with Crippen LogP contribution in [0.5, 0.6) is 5.75 Å². The number of ether oxygens (including phenoxy) is 1. The number of hydrogen-bond acceptors (Lipinski definition) is 5. The van der Waals surface area contributed by atoms with Crippen molar-refractivity contribution in [1.82, 2.24) is 10.3 Å². The molecule has 0 radical (unpaired) electrons. The van der Waals surface area contributed by atoms with Crippen LogP contribution in [0.25, 0.3) is 10.9 Å². The van der Waals surface area contributed by atoms with Crippen molar-refractivity contribution in [3.8, 4) is 11.8 Å². The Labute approximate surface area is 172 Å². The Morgan fingerprint density at radius 2 is 2.21 bits per heavy atom. The van der Waals surface area contributed by atoms with E-state index in [0.717, 1.165) is 47.3 Å². The number of fused-ring (bicyclic) bond motifs is 1. The minimum atomic E-state index is -0.359. The van der Waals surface area contributed by atoms with Crippen LogP contribution in [0, 0.1) is 11.3 Å². The molecule has 2 heterocycles. The molecule has 1 atom stereocenters. The van der Waals surface area contributed by atoms with E-state index >= 15 is 0 Å². The van der Waals surface area contributed by atoms with Gasteiger partial charge in [-0.3, -0.25) is 14.8 Å². The van der Waals surface area contributed by atoms with Gasteiger partial charge in [-0.15, -0.1) is 10.5 Å². The molecule has 7 heteroatoms. The van der Waals surface area contributed by atoms with Crippen molar-refractivity contribution >= 4 is 37.8 Å². The van der Waals surface area contributed by atoms with E-state index in [9.17, 15) is 10.1 Å². The molecule has 1 amide bonds. The van der Waals surface area contributed by atoms with Gasteiger partial charge in [0.25, 0.3) is 0 Å². The Morgan fingerprint density at radius 1 is 1.41 bits per heavy atom. The van der Waals surface area contributed by atoms with Crippen LogP contribution >= 0.6 is 10.5 Å². The molecule has 150 valence electrons. The summed E-state index contributed by atoms with van der Waals surface area (Å²) < 4.78 is 6.21. The Bertz CT molecular complexity index is 1060. The summed E-state index contributed by atoms with van der Waals surface area (Å²) in [5, 5.41) is 16.2. The quantitative estimate of drug-likeness (QED) is 0.738. The number of hydrogen-bond donors (Lipinski definition) is 1. The predicted molar refractivity (Wildman–Crippen MR) is 118 cm³/mol. The summed E-state index contributed by atoms with van der Waals surface area (Å²) in [6, 6.07) is 8.51. The summed E-state index contributed by atoms with van der Waals surface area (Å²) in [4.78, 5) is 21.0. The minimum Gasteiger partial charge on any atom is -0.488 e. The van der Waals surface area contributed by atoms with E-state index in [1.165, 1.54) is 0 Å². The second-order valence-corrected chi connectivity index (χ2v) is 9.12. The highest BCUT2D eigenvalue weighted by molar-refractivity contribution is 8.29. The lowest BCUT2D eigenvalue weighted by Crippen LogP contribution is -2.20.